The Morgan fingerprint density at radius 1 is 1.59 bits per heavy atom. The zero-order valence-corrected chi connectivity index (χ0v) is 12.6. The third-order valence-electron chi connectivity index (χ3n) is 2.65. The van der Waals surface area contributed by atoms with Crippen molar-refractivity contribution in [3.05, 3.63) is 28.2 Å². The fraction of sp³-hybridized carbons (Fsp3) is 0.417. The Bertz CT molecular complexity index is 411. The zero-order valence-electron chi connectivity index (χ0n) is 10.2. The summed E-state index contributed by atoms with van der Waals surface area (Å²) in [6.45, 7) is 2.04. The summed E-state index contributed by atoms with van der Waals surface area (Å²) in [4.78, 5) is 14.0. The second-order valence-electron chi connectivity index (χ2n) is 3.93. The van der Waals surface area contributed by atoms with Crippen LogP contribution in [0.3, 0.4) is 0 Å². The lowest BCUT2D eigenvalue weighted by Crippen LogP contribution is -2.36. The van der Waals surface area contributed by atoms with Gasteiger partial charge in [-0.15, -0.1) is 0 Å². The van der Waals surface area contributed by atoms with Crippen LogP contribution >= 0.6 is 27.7 Å². The minimum Gasteiger partial charge on any atom is -0.398 e. The van der Waals surface area contributed by atoms with Gasteiger partial charge in [-0.25, -0.2) is 0 Å². The van der Waals surface area contributed by atoms with Gasteiger partial charge in [0.25, 0.3) is 5.91 Å². The average Bonchev–Trinajstić information content (AvgIpc) is 2.31. The highest BCUT2D eigenvalue weighted by molar-refractivity contribution is 9.10. The molecular weight excluding hydrogens is 300 g/mol. The lowest BCUT2D eigenvalue weighted by Gasteiger charge is -2.25. The topological polar surface area (TPSA) is 46.3 Å². The highest BCUT2D eigenvalue weighted by Crippen LogP contribution is 2.25. The molecule has 0 aliphatic carbocycles. The van der Waals surface area contributed by atoms with Gasteiger partial charge in [-0.2, -0.15) is 11.8 Å². The van der Waals surface area contributed by atoms with Crippen molar-refractivity contribution in [2.45, 2.75) is 13.0 Å². The first-order valence-corrected chi connectivity index (χ1v) is 7.47. The summed E-state index contributed by atoms with van der Waals surface area (Å²) in [5.74, 6) is 0.910. The van der Waals surface area contributed by atoms with E-state index in [9.17, 15) is 4.79 Å². The molecule has 0 saturated heterocycles. The number of benzene rings is 1. The molecule has 2 N–H and O–H groups in total. The number of anilines is 1. The van der Waals surface area contributed by atoms with Crippen LogP contribution in [0.25, 0.3) is 0 Å². The first-order valence-electron chi connectivity index (χ1n) is 5.29. The quantitative estimate of drug-likeness (QED) is 0.869. The van der Waals surface area contributed by atoms with Gasteiger partial charge < -0.3 is 10.6 Å². The fourth-order valence-corrected chi connectivity index (χ4v) is 2.60. The lowest BCUT2D eigenvalue weighted by molar-refractivity contribution is 0.0756. The summed E-state index contributed by atoms with van der Waals surface area (Å²) in [6, 6.07) is 5.54. The van der Waals surface area contributed by atoms with Gasteiger partial charge in [0.1, 0.15) is 0 Å². The Labute approximate surface area is 115 Å². The SMILES string of the molecule is CSCC(C)N(C)C(=O)c1cccc(N)c1Br. The molecule has 0 fully saturated rings. The molecule has 0 bridgehead atoms. The van der Waals surface area contributed by atoms with Crippen molar-refractivity contribution >= 4 is 39.3 Å². The number of carbonyl (C=O) groups is 1. The summed E-state index contributed by atoms with van der Waals surface area (Å²) >= 11 is 5.09. The van der Waals surface area contributed by atoms with E-state index in [2.05, 4.69) is 15.9 Å². The van der Waals surface area contributed by atoms with E-state index in [0.29, 0.717) is 15.7 Å². The summed E-state index contributed by atoms with van der Waals surface area (Å²) in [5, 5.41) is 0. The molecule has 0 aliphatic rings. The van der Waals surface area contributed by atoms with Crippen LogP contribution in [0, 0.1) is 0 Å². The smallest absolute Gasteiger partial charge is 0.255 e. The number of hydrogen-bond donors (Lipinski definition) is 1. The number of nitrogens with zero attached hydrogens (tertiary/aromatic N) is 1. The normalized spacial score (nSPS) is 12.2. The molecule has 0 heterocycles. The van der Waals surface area contributed by atoms with Crippen LogP contribution in [0.1, 0.15) is 17.3 Å². The predicted octanol–water partition coefficient (Wildman–Crippen LogP) is 2.85. The Balaban J connectivity index is 2.93. The number of carbonyl (C=O) groups excluding carboxylic acids is 1. The summed E-state index contributed by atoms with van der Waals surface area (Å²) in [7, 11) is 1.82. The molecular formula is C12H17BrN2OS. The Hall–Kier alpha value is -0.680. The van der Waals surface area contributed by atoms with Crippen molar-refractivity contribution < 1.29 is 4.79 Å². The van der Waals surface area contributed by atoms with E-state index in [1.165, 1.54) is 0 Å². The zero-order chi connectivity index (χ0) is 13.0. The van der Waals surface area contributed by atoms with Gasteiger partial charge in [-0.1, -0.05) is 6.07 Å². The number of amides is 1. The second-order valence-corrected chi connectivity index (χ2v) is 5.63. The summed E-state index contributed by atoms with van der Waals surface area (Å²) in [5.41, 5.74) is 6.97. The molecule has 5 heteroatoms. The molecule has 0 aromatic heterocycles. The minimum absolute atomic E-state index is 0.00859. The molecule has 1 amide bonds. The highest BCUT2D eigenvalue weighted by atomic mass is 79.9. The number of nitrogen functional groups attached to an aromatic ring is 1. The lowest BCUT2D eigenvalue weighted by atomic mass is 10.1. The molecule has 1 atom stereocenters. The molecule has 1 aromatic rings. The summed E-state index contributed by atoms with van der Waals surface area (Å²) < 4.78 is 0.674. The van der Waals surface area contributed by atoms with Crippen LogP contribution in [0.5, 0.6) is 0 Å². The first kappa shape index (κ1) is 14.4. The molecule has 1 rings (SSSR count). The average molecular weight is 317 g/mol. The largest absolute Gasteiger partial charge is 0.398 e. The van der Waals surface area contributed by atoms with Gasteiger partial charge >= 0.3 is 0 Å². The molecule has 3 nitrogen and oxygen atoms in total. The molecule has 0 saturated carbocycles. The van der Waals surface area contributed by atoms with E-state index >= 15 is 0 Å². The Kier molecular flexibility index (Phi) is 5.33. The molecule has 94 valence electrons. The molecule has 17 heavy (non-hydrogen) atoms. The predicted molar refractivity (Wildman–Crippen MR) is 78.5 cm³/mol. The highest BCUT2D eigenvalue weighted by Gasteiger charge is 2.19. The van der Waals surface area contributed by atoms with E-state index in [4.69, 9.17) is 5.73 Å². The molecule has 1 aromatic carbocycles. The van der Waals surface area contributed by atoms with E-state index in [-0.39, 0.29) is 11.9 Å². The summed E-state index contributed by atoms with van der Waals surface area (Å²) in [6.07, 6.45) is 2.03. The van der Waals surface area contributed by atoms with Gasteiger partial charge in [0.15, 0.2) is 0 Å². The fourth-order valence-electron chi connectivity index (χ4n) is 1.46. The van der Waals surface area contributed by atoms with Gasteiger partial charge in [-0.05, 0) is 41.2 Å². The van der Waals surface area contributed by atoms with Crippen molar-refractivity contribution in [2.24, 2.45) is 0 Å². The maximum atomic E-state index is 12.3. The first-order chi connectivity index (χ1) is 7.99. The van der Waals surface area contributed by atoms with Crippen molar-refractivity contribution in [3.63, 3.8) is 0 Å². The Morgan fingerprint density at radius 3 is 2.82 bits per heavy atom. The molecule has 1 unspecified atom stereocenters. The van der Waals surface area contributed by atoms with Crippen LogP contribution in [0.15, 0.2) is 22.7 Å². The molecule has 0 spiro atoms. The van der Waals surface area contributed by atoms with Crippen LogP contribution < -0.4 is 5.73 Å². The number of hydrogen-bond acceptors (Lipinski definition) is 3. The number of halogens is 1. The van der Waals surface area contributed by atoms with Crippen LogP contribution in [-0.2, 0) is 0 Å². The van der Waals surface area contributed by atoms with Gasteiger partial charge in [0.2, 0.25) is 0 Å². The van der Waals surface area contributed by atoms with Crippen LogP contribution in [0.4, 0.5) is 5.69 Å². The van der Waals surface area contributed by atoms with Crippen molar-refractivity contribution in [3.8, 4) is 0 Å². The van der Waals surface area contributed by atoms with Gasteiger partial charge in [-0.3, -0.25) is 4.79 Å². The van der Waals surface area contributed by atoms with E-state index in [1.807, 2.05) is 20.2 Å². The number of rotatable bonds is 4. The molecule has 0 radical (unpaired) electrons. The van der Waals surface area contributed by atoms with E-state index in [0.717, 1.165) is 5.75 Å². The van der Waals surface area contributed by atoms with Crippen molar-refractivity contribution in [2.75, 3.05) is 24.8 Å². The van der Waals surface area contributed by atoms with Gasteiger partial charge in [0.05, 0.1) is 10.0 Å². The minimum atomic E-state index is -0.00859. The van der Waals surface area contributed by atoms with Crippen molar-refractivity contribution in [1.29, 1.82) is 0 Å². The van der Waals surface area contributed by atoms with Crippen LogP contribution in [-0.4, -0.2) is 35.9 Å². The maximum absolute atomic E-state index is 12.3. The standard InChI is InChI=1S/C12H17BrN2OS/c1-8(7-17-3)15(2)12(16)9-5-4-6-10(14)11(9)13/h4-6,8H,7,14H2,1-3H3. The van der Waals surface area contributed by atoms with E-state index < -0.39 is 0 Å². The Morgan fingerprint density at radius 2 is 2.24 bits per heavy atom. The van der Waals surface area contributed by atoms with Crippen LogP contribution in [0.2, 0.25) is 0 Å². The third kappa shape index (κ3) is 3.39. The van der Waals surface area contributed by atoms with Gasteiger partial charge in [0, 0.05) is 24.5 Å². The molecule has 0 aliphatic heterocycles. The monoisotopic (exact) mass is 316 g/mol. The number of thioether (sulfide) groups is 1. The number of nitrogens with two attached hydrogens (primary N) is 1. The van der Waals surface area contributed by atoms with E-state index in [1.54, 1.807) is 34.9 Å². The third-order valence-corrected chi connectivity index (χ3v) is 4.35. The van der Waals surface area contributed by atoms with Crippen molar-refractivity contribution in [1.82, 2.24) is 4.90 Å². The maximum Gasteiger partial charge on any atom is 0.255 e. The second kappa shape index (κ2) is 6.31.